The minimum absolute atomic E-state index is 0.0102. The van der Waals surface area contributed by atoms with Crippen molar-refractivity contribution >= 4 is 5.91 Å². The predicted octanol–water partition coefficient (Wildman–Crippen LogP) is 2.04. The fourth-order valence-electron chi connectivity index (χ4n) is 1.99. The highest BCUT2D eigenvalue weighted by Crippen LogP contribution is 2.15. The molecule has 0 aliphatic heterocycles. The first-order valence-corrected chi connectivity index (χ1v) is 6.40. The summed E-state index contributed by atoms with van der Waals surface area (Å²) in [6, 6.07) is 3.84. The lowest BCUT2D eigenvalue weighted by atomic mass is 9.94. The van der Waals surface area contributed by atoms with Crippen molar-refractivity contribution in [1.82, 2.24) is 10.2 Å². The van der Waals surface area contributed by atoms with Crippen LogP contribution in [0.5, 0.6) is 0 Å². The Labute approximate surface area is 109 Å². The van der Waals surface area contributed by atoms with E-state index in [1.165, 1.54) is 0 Å². The van der Waals surface area contributed by atoms with E-state index in [9.17, 15) is 4.79 Å². The molecular weight excluding hydrogens is 228 g/mol. The summed E-state index contributed by atoms with van der Waals surface area (Å²) < 4.78 is 5.49. The summed E-state index contributed by atoms with van der Waals surface area (Å²) in [7, 11) is 3.70. The zero-order valence-electron chi connectivity index (χ0n) is 12.0. The van der Waals surface area contributed by atoms with Crippen molar-refractivity contribution < 1.29 is 9.21 Å². The third kappa shape index (κ3) is 3.88. The standard InChI is InChI=1S/C14H24N2O2/c1-10(2)13(8-15-4)14(17)16(5)9-12-7-6-11(3)18-12/h6-7,10,13,15H,8-9H2,1-5H3. The Kier molecular flexibility index (Phi) is 5.41. The minimum atomic E-state index is 0.0102. The second-order valence-electron chi connectivity index (χ2n) is 5.11. The molecule has 1 rings (SSSR count). The van der Waals surface area contributed by atoms with E-state index in [0.717, 1.165) is 11.5 Å². The number of nitrogens with zero attached hydrogens (tertiary/aromatic N) is 1. The normalized spacial score (nSPS) is 12.8. The van der Waals surface area contributed by atoms with Gasteiger partial charge in [-0.25, -0.2) is 0 Å². The number of carbonyl (C=O) groups excluding carboxylic acids is 1. The molecular formula is C14H24N2O2. The monoisotopic (exact) mass is 252 g/mol. The van der Waals surface area contributed by atoms with E-state index >= 15 is 0 Å². The van der Waals surface area contributed by atoms with Crippen molar-refractivity contribution in [3.8, 4) is 0 Å². The van der Waals surface area contributed by atoms with Gasteiger partial charge in [-0.15, -0.1) is 0 Å². The molecule has 1 heterocycles. The molecule has 0 saturated carbocycles. The molecule has 1 atom stereocenters. The van der Waals surface area contributed by atoms with Crippen LogP contribution >= 0.6 is 0 Å². The van der Waals surface area contributed by atoms with Crippen molar-refractivity contribution in [2.24, 2.45) is 11.8 Å². The fraction of sp³-hybridized carbons (Fsp3) is 0.643. The Morgan fingerprint density at radius 3 is 2.56 bits per heavy atom. The van der Waals surface area contributed by atoms with Gasteiger partial charge >= 0.3 is 0 Å². The van der Waals surface area contributed by atoms with Crippen LogP contribution in [0, 0.1) is 18.8 Å². The average Bonchev–Trinajstić information content (AvgIpc) is 2.70. The summed E-state index contributed by atoms with van der Waals surface area (Å²) in [6.45, 7) is 7.29. The van der Waals surface area contributed by atoms with Gasteiger partial charge in [0.25, 0.3) is 0 Å². The van der Waals surface area contributed by atoms with Crippen molar-refractivity contribution in [2.45, 2.75) is 27.3 Å². The van der Waals surface area contributed by atoms with Crippen LogP contribution in [0.15, 0.2) is 16.5 Å². The molecule has 0 aliphatic rings. The zero-order chi connectivity index (χ0) is 13.7. The number of aryl methyl sites for hydroxylation is 1. The van der Waals surface area contributed by atoms with E-state index in [-0.39, 0.29) is 11.8 Å². The second kappa shape index (κ2) is 6.59. The van der Waals surface area contributed by atoms with Crippen molar-refractivity contribution in [2.75, 3.05) is 20.6 Å². The molecule has 1 aromatic rings. The Bertz CT molecular complexity index is 385. The van der Waals surface area contributed by atoms with Gasteiger partial charge in [0.05, 0.1) is 12.5 Å². The van der Waals surface area contributed by atoms with Gasteiger partial charge in [0.1, 0.15) is 11.5 Å². The molecule has 4 heteroatoms. The molecule has 0 bridgehead atoms. The molecule has 0 spiro atoms. The minimum Gasteiger partial charge on any atom is -0.464 e. The molecule has 1 unspecified atom stereocenters. The molecule has 0 aromatic carbocycles. The van der Waals surface area contributed by atoms with Crippen molar-refractivity contribution in [3.05, 3.63) is 23.7 Å². The number of hydrogen-bond acceptors (Lipinski definition) is 3. The number of furan rings is 1. The van der Waals surface area contributed by atoms with Crippen LogP contribution in [-0.4, -0.2) is 31.4 Å². The summed E-state index contributed by atoms with van der Waals surface area (Å²) in [4.78, 5) is 14.1. The van der Waals surface area contributed by atoms with E-state index in [4.69, 9.17) is 4.42 Å². The number of nitrogens with one attached hydrogen (secondary N) is 1. The van der Waals surface area contributed by atoms with Gasteiger partial charge in [0, 0.05) is 13.6 Å². The third-order valence-corrected chi connectivity index (χ3v) is 3.11. The van der Waals surface area contributed by atoms with Gasteiger partial charge in [-0.1, -0.05) is 13.8 Å². The Morgan fingerprint density at radius 1 is 1.44 bits per heavy atom. The first kappa shape index (κ1) is 14.8. The molecule has 0 saturated heterocycles. The van der Waals surface area contributed by atoms with E-state index in [0.29, 0.717) is 19.0 Å². The van der Waals surface area contributed by atoms with Crippen LogP contribution in [0.2, 0.25) is 0 Å². The molecule has 0 aliphatic carbocycles. The smallest absolute Gasteiger partial charge is 0.227 e. The highest BCUT2D eigenvalue weighted by Gasteiger charge is 2.24. The summed E-state index contributed by atoms with van der Waals surface area (Å²) in [5.41, 5.74) is 0. The second-order valence-corrected chi connectivity index (χ2v) is 5.11. The number of hydrogen-bond donors (Lipinski definition) is 1. The third-order valence-electron chi connectivity index (χ3n) is 3.11. The Balaban J connectivity index is 2.64. The zero-order valence-corrected chi connectivity index (χ0v) is 12.0. The highest BCUT2D eigenvalue weighted by molar-refractivity contribution is 5.79. The highest BCUT2D eigenvalue weighted by atomic mass is 16.3. The van der Waals surface area contributed by atoms with Crippen molar-refractivity contribution in [1.29, 1.82) is 0 Å². The number of amides is 1. The molecule has 102 valence electrons. The van der Waals surface area contributed by atoms with Gasteiger partial charge in [0.2, 0.25) is 5.91 Å². The van der Waals surface area contributed by atoms with Crippen LogP contribution < -0.4 is 5.32 Å². The largest absolute Gasteiger partial charge is 0.464 e. The maximum atomic E-state index is 12.3. The van der Waals surface area contributed by atoms with Gasteiger partial charge < -0.3 is 14.6 Å². The van der Waals surface area contributed by atoms with Crippen LogP contribution in [0.3, 0.4) is 0 Å². The SMILES string of the molecule is CNCC(C(=O)N(C)Cc1ccc(C)o1)C(C)C. The lowest BCUT2D eigenvalue weighted by Gasteiger charge is -2.25. The molecule has 0 fully saturated rings. The summed E-state index contributed by atoms with van der Waals surface area (Å²) in [5.74, 6) is 2.20. The van der Waals surface area contributed by atoms with E-state index in [1.807, 2.05) is 33.2 Å². The van der Waals surface area contributed by atoms with Crippen LogP contribution in [0.25, 0.3) is 0 Å². The maximum absolute atomic E-state index is 12.3. The first-order valence-electron chi connectivity index (χ1n) is 6.40. The lowest BCUT2D eigenvalue weighted by Crippen LogP contribution is -2.39. The summed E-state index contributed by atoms with van der Waals surface area (Å²) >= 11 is 0. The van der Waals surface area contributed by atoms with E-state index < -0.39 is 0 Å². The lowest BCUT2D eigenvalue weighted by molar-refractivity contribution is -0.136. The quantitative estimate of drug-likeness (QED) is 0.842. The van der Waals surface area contributed by atoms with Crippen LogP contribution in [-0.2, 0) is 11.3 Å². The van der Waals surface area contributed by atoms with Crippen LogP contribution in [0.1, 0.15) is 25.4 Å². The van der Waals surface area contributed by atoms with Gasteiger partial charge in [-0.3, -0.25) is 4.79 Å². The Morgan fingerprint density at radius 2 is 2.11 bits per heavy atom. The molecule has 18 heavy (non-hydrogen) atoms. The maximum Gasteiger partial charge on any atom is 0.227 e. The predicted molar refractivity (Wildman–Crippen MR) is 72.2 cm³/mol. The molecule has 4 nitrogen and oxygen atoms in total. The van der Waals surface area contributed by atoms with E-state index in [2.05, 4.69) is 19.2 Å². The first-order chi connectivity index (χ1) is 8.45. The topological polar surface area (TPSA) is 45.5 Å². The fourth-order valence-corrected chi connectivity index (χ4v) is 1.99. The summed E-state index contributed by atoms with van der Waals surface area (Å²) in [6.07, 6.45) is 0. The number of carbonyl (C=O) groups is 1. The van der Waals surface area contributed by atoms with Gasteiger partial charge in [-0.05, 0) is 32.0 Å². The molecule has 1 aromatic heterocycles. The van der Waals surface area contributed by atoms with Crippen LogP contribution in [0.4, 0.5) is 0 Å². The van der Waals surface area contributed by atoms with E-state index in [1.54, 1.807) is 4.90 Å². The molecule has 1 N–H and O–H groups in total. The molecule has 1 amide bonds. The average molecular weight is 252 g/mol. The van der Waals surface area contributed by atoms with Crippen molar-refractivity contribution in [3.63, 3.8) is 0 Å². The summed E-state index contributed by atoms with van der Waals surface area (Å²) in [5, 5.41) is 3.08. The number of rotatable bonds is 6. The van der Waals surface area contributed by atoms with Gasteiger partial charge in [0.15, 0.2) is 0 Å². The Hall–Kier alpha value is -1.29. The van der Waals surface area contributed by atoms with Gasteiger partial charge in [-0.2, -0.15) is 0 Å². The molecule has 0 radical (unpaired) electrons.